The third-order valence-corrected chi connectivity index (χ3v) is 4.46. The van der Waals surface area contributed by atoms with Crippen LogP contribution in [-0.4, -0.2) is 69.6 Å². The van der Waals surface area contributed by atoms with Crippen LogP contribution in [0.1, 0.15) is 0 Å². The van der Waals surface area contributed by atoms with Crippen molar-refractivity contribution in [3.05, 3.63) is 0 Å². The molecule has 0 aromatic carbocycles. The standard InChI is InChI=1S/C9H13F3N2O4S/c1-13-8-14-2-3(15)4(16)5(19-7(2)18-8)6(17)9(10,11)12/h2-7,15-17H,1H3,(H,13,14)/t2-,3-,4+,5?,6-,7+/m1/s1. The molecule has 0 amide bonds. The van der Waals surface area contributed by atoms with Gasteiger partial charge in [0.25, 0.3) is 6.02 Å². The fraction of sp³-hybridized carbons (Fsp3) is 0.889. The molecule has 2 rings (SSSR count). The molecule has 2 aliphatic rings. The lowest BCUT2D eigenvalue weighted by atomic mass is 9.99. The maximum atomic E-state index is 12.5. The molecule has 110 valence electrons. The van der Waals surface area contributed by atoms with Gasteiger partial charge in [0.2, 0.25) is 0 Å². The van der Waals surface area contributed by atoms with Crippen molar-refractivity contribution in [2.45, 2.75) is 41.2 Å². The maximum absolute atomic E-state index is 12.5. The number of halogens is 3. The Morgan fingerprint density at radius 1 is 1.37 bits per heavy atom. The molecule has 0 spiro atoms. The number of hydrogen-bond donors (Lipinski definition) is 4. The Hall–Kier alpha value is -0.710. The van der Waals surface area contributed by atoms with Crippen LogP contribution in [-0.2, 0) is 4.74 Å². The van der Waals surface area contributed by atoms with Crippen LogP contribution in [0.25, 0.3) is 0 Å². The second-order valence-corrected chi connectivity index (χ2v) is 5.51. The summed E-state index contributed by atoms with van der Waals surface area (Å²) in [6, 6.07) is -0.782. The number of nitrogens with one attached hydrogen (secondary N) is 1. The van der Waals surface area contributed by atoms with Gasteiger partial charge in [0.05, 0.1) is 11.4 Å². The molecule has 19 heavy (non-hydrogen) atoms. The lowest BCUT2D eigenvalue weighted by Gasteiger charge is -2.39. The summed E-state index contributed by atoms with van der Waals surface area (Å²) in [6.07, 6.45) is -10.9. The SMILES string of the molecule is CNC1=N[C@@H]2[C@@H](O)[C@H](O)C([C@@H](O)C(F)(F)F)S[C@@H]2O1. The molecular formula is C9H13F3N2O4S. The van der Waals surface area contributed by atoms with Crippen LogP contribution in [0.4, 0.5) is 13.2 Å². The van der Waals surface area contributed by atoms with Crippen molar-refractivity contribution in [1.82, 2.24) is 5.32 Å². The summed E-state index contributed by atoms with van der Waals surface area (Å²) in [7, 11) is 1.51. The number of fused-ring (bicyclic) bond motifs is 1. The van der Waals surface area contributed by atoms with Crippen molar-refractivity contribution in [2.24, 2.45) is 4.99 Å². The Kier molecular flexibility index (Phi) is 3.87. The van der Waals surface area contributed by atoms with Crippen molar-refractivity contribution >= 4 is 17.8 Å². The zero-order valence-corrected chi connectivity index (χ0v) is 10.5. The van der Waals surface area contributed by atoms with Gasteiger partial charge in [-0.3, -0.25) is 0 Å². The smallest absolute Gasteiger partial charge is 0.415 e. The number of hydrogen-bond acceptors (Lipinski definition) is 7. The van der Waals surface area contributed by atoms with Crippen LogP contribution in [0.5, 0.6) is 0 Å². The number of rotatable bonds is 1. The zero-order chi connectivity index (χ0) is 14.4. The van der Waals surface area contributed by atoms with E-state index in [9.17, 15) is 28.5 Å². The first-order chi connectivity index (χ1) is 8.75. The number of aliphatic hydroxyl groups is 3. The number of thioether (sulfide) groups is 1. The van der Waals surface area contributed by atoms with E-state index in [1.807, 2.05) is 0 Å². The van der Waals surface area contributed by atoms with Crippen LogP contribution in [0.2, 0.25) is 0 Å². The maximum Gasteiger partial charge on any atom is 0.415 e. The van der Waals surface area contributed by atoms with E-state index < -0.39 is 41.2 Å². The van der Waals surface area contributed by atoms with E-state index in [2.05, 4.69) is 10.3 Å². The lowest BCUT2D eigenvalue weighted by Crippen LogP contribution is -2.57. The Morgan fingerprint density at radius 2 is 2.00 bits per heavy atom. The van der Waals surface area contributed by atoms with Crippen molar-refractivity contribution in [2.75, 3.05) is 7.05 Å². The largest absolute Gasteiger partial charge is 0.448 e. The van der Waals surface area contributed by atoms with Gasteiger partial charge < -0.3 is 25.4 Å². The van der Waals surface area contributed by atoms with E-state index in [1.165, 1.54) is 7.05 Å². The van der Waals surface area contributed by atoms with Gasteiger partial charge in [-0.25, -0.2) is 4.99 Å². The highest BCUT2D eigenvalue weighted by Crippen LogP contribution is 2.42. The Balaban J connectivity index is 2.16. The van der Waals surface area contributed by atoms with Gasteiger partial charge in [0, 0.05) is 7.05 Å². The van der Waals surface area contributed by atoms with E-state index in [0.29, 0.717) is 11.8 Å². The third kappa shape index (κ3) is 2.62. The van der Waals surface area contributed by atoms with Crippen molar-refractivity contribution in [1.29, 1.82) is 0 Å². The molecule has 1 fully saturated rings. The van der Waals surface area contributed by atoms with Crippen molar-refractivity contribution in [3.63, 3.8) is 0 Å². The highest BCUT2D eigenvalue weighted by molar-refractivity contribution is 8.00. The van der Waals surface area contributed by atoms with Crippen LogP contribution in [0.15, 0.2) is 4.99 Å². The first-order valence-electron chi connectivity index (χ1n) is 5.44. The first-order valence-corrected chi connectivity index (χ1v) is 6.38. The summed E-state index contributed by atoms with van der Waals surface area (Å²) in [5.74, 6) is 0. The summed E-state index contributed by atoms with van der Waals surface area (Å²) in [5.41, 5.74) is -0.872. The molecule has 4 N–H and O–H groups in total. The summed E-state index contributed by atoms with van der Waals surface area (Å²) >= 11 is 0.611. The minimum Gasteiger partial charge on any atom is -0.448 e. The number of alkyl halides is 3. The molecule has 0 bridgehead atoms. The predicted molar refractivity (Wildman–Crippen MR) is 60.6 cm³/mol. The average Bonchev–Trinajstić information content (AvgIpc) is 2.75. The second-order valence-electron chi connectivity index (χ2n) is 4.23. The second kappa shape index (κ2) is 5.00. The van der Waals surface area contributed by atoms with Crippen LogP contribution >= 0.6 is 11.8 Å². The molecule has 0 aliphatic carbocycles. The van der Waals surface area contributed by atoms with Gasteiger partial charge in [-0.1, -0.05) is 0 Å². The van der Waals surface area contributed by atoms with Gasteiger partial charge in [-0.2, -0.15) is 13.2 Å². The summed E-state index contributed by atoms with van der Waals surface area (Å²) < 4.78 is 42.6. The predicted octanol–water partition coefficient (Wildman–Crippen LogP) is -0.953. The van der Waals surface area contributed by atoms with Crippen molar-refractivity contribution in [3.8, 4) is 0 Å². The molecule has 6 atom stereocenters. The normalized spacial score (nSPS) is 40.2. The lowest BCUT2D eigenvalue weighted by molar-refractivity contribution is -0.212. The molecule has 2 aliphatic heterocycles. The summed E-state index contributed by atoms with van der Waals surface area (Å²) in [4.78, 5) is 3.91. The fourth-order valence-corrected chi connectivity index (χ4v) is 3.42. The van der Waals surface area contributed by atoms with E-state index >= 15 is 0 Å². The molecule has 1 unspecified atom stereocenters. The molecule has 0 saturated carbocycles. The minimum absolute atomic E-state index is 0.0795. The Morgan fingerprint density at radius 3 is 2.53 bits per heavy atom. The minimum atomic E-state index is -4.88. The molecule has 0 radical (unpaired) electrons. The van der Waals surface area contributed by atoms with Gasteiger partial charge in [0.1, 0.15) is 12.1 Å². The number of ether oxygens (including phenoxy) is 1. The molecule has 0 aromatic heterocycles. The fourth-order valence-electron chi connectivity index (χ4n) is 1.95. The number of amidine groups is 1. The molecule has 10 heteroatoms. The molecule has 0 aromatic rings. The quantitative estimate of drug-likeness (QED) is 0.499. The van der Waals surface area contributed by atoms with E-state index in [1.54, 1.807) is 0 Å². The number of aliphatic hydroxyl groups excluding tert-OH is 3. The van der Waals surface area contributed by atoms with Gasteiger partial charge >= 0.3 is 6.18 Å². The van der Waals surface area contributed by atoms with Gasteiger partial charge in [-0.15, -0.1) is 11.8 Å². The molecular weight excluding hydrogens is 289 g/mol. The molecule has 6 nitrogen and oxygen atoms in total. The van der Waals surface area contributed by atoms with Gasteiger partial charge in [-0.05, 0) is 0 Å². The van der Waals surface area contributed by atoms with Gasteiger partial charge in [0.15, 0.2) is 11.5 Å². The van der Waals surface area contributed by atoms with E-state index in [4.69, 9.17) is 4.74 Å². The molecule has 1 saturated heterocycles. The number of nitrogens with zero attached hydrogens (tertiary/aromatic N) is 1. The monoisotopic (exact) mass is 302 g/mol. The van der Waals surface area contributed by atoms with E-state index in [-0.39, 0.29) is 6.02 Å². The topological polar surface area (TPSA) is 94.3 Å². The first kappa shape index (κ1) is 14.7. The van der Waals surface area contributed by atoms with Crippen molar-refractivity contribution < 1.29 is 33.2 Å². The molecule has 2 heterocycles. The zero-order valence-electron chi connectivity index (χ0n) is 9.70. The Labute approximate surface area is 110 Å². The highest BCUT2D eigenvalue weighted by Gasteiger charge is 2.56. The number of aliphatic imine (C=N–C) groups is 1. The highest BCUT2D eigenvalue weighted by atomic mass is 32.2. The Bertz CT molecular complexity index is 381. The van der Waals surface area contributed by atoms with Crippen LogP contribution in [0.3, 0.4) is 0 Å². The third-order valence-electron chi connectivity index (χ3n) is 2.96. The van der Waals surface area contributed by atoms with E-state index in [0.717, 1.165) is 0 Å². The summed E-state index contributed by atoms with van der Waals surface area (Å²) in [6.45, 7) is 0. The summed E-state index contributed by atoms with van der Waals surface area (Å²) in [5, 5.41) is 29.7. The van der Waals surface area contributed by atoms with Crippen LogP contribution in [0, 0.1) is 0 Å². The average molecular weight is 302 g/mol. The van der Waals surface area contributed by atoms with Crippen LogP contribution < -0.4 is 5.32 Å².